The molecule has 0 bridgehead atoms. The van der Waals surface area contributed by atoms with E-state index in [1.807, 2.05) is 12.1 Å². The maximum Gasteiger partial charge on any atom is 0.162 e. The van der Waals surface area contributed by atoms with Crippen molar-refractivity contribution in [3.63, 3.8) is 0 Å². The van der Waals surface area contributed by atoms with Crippen LogP contribution in [0.3, 0.4) is 0 Å². The molecule has 6 heteroatoms. The molecule has 0 saturated carbocycles. The van der Waals surface area contributed by atoms with Crippen LogP contribution in [0, 0.1) is 0 Å². The second kappa shape index (κ2) is 13.0. The second-order valence-electron chi connectivity index (χ2n) is 11.4. The summed E-state index contributed by atoms with van der Waals surface area (Å²) in [6.07, 6.45) is 8.40. The molecule has 1 heterocycles. The Kier molecular flexibility index (Phi) is 10.2. The molecule has 38 heavy (non-hydrogen) atoms. The molecule has 6 nitrogen and oxygen atoms in total. The highest BCUT2D eigenvalue weighted by molar-refractivity contribution is 5.52. The zero-order valence-electron chi connectivity index (χ0n) is 24.2. The van der Waals surface area contributed by atoms with Gasteiger partial charge in [0.05, 0.1) is 5.60 Å². The Hall–Kier alpha value is -2.60. The average molecular weight is 529 g/mol. The predicted octanol–water partition coefficient (Wildman–Crippen LogP) is 8.35. The van der Waals surface area contributed by atoms with Crippen LogP contribution in [-0.4, -0.2) is 32.6 Å². The maximum atomic E-state index is 10.7. The van der Waals surface area contributed by atoms with Crippen LogP contribution in [0.5, 0.6) is 28.7 Å². The van der Waals surface area contributed by atoms with Crippen molar-refractivity contribution in [1.82, 2.24) is 0 Å². The minimum Gasteiger partial charge on any atom is -0.508 e. The molecule has 212 valence electrons. The number of phenols is 3. The topological polar surface area (TPSA) is 88.4 Å². The van der Waals surface area contributed by atoms with E-state index in [1.165, 1.54) is 12.1 Å². The van der Waals surface area contributed by atoms with Gasteiger partial charge in [0.2, 0.25) is 0 Å². The van der Waals surface area contributed by atoms with E-state index in [0.29, 0.717) is 23.5 Å². The molecule has 0 radical (unpaired) electrons. The molecule has 1 aliphatic rings. The molecule has 0 fully saturated rings. The predicted molar refractivity (Wildman–Crippen MR) is 152 cm³/mol. The first-order chi connectivity index (χ1) is 18.1. The van der Waals surface area contributed by atoms with Crippen molar-refractivity contribution < 1.29 is 29.5 Å². The molecule has 2 aromatic rings. The van der Waals surface area contributed by atoms with Gasteiger partial charge in [0.25, 0.3) is 0 Å². The fraction of sp³-hybridized carbons (Fsp3) is 0.625. The Bertz CT molecular complexity index is 1050. The fourth-order valence-corrected chi connectivity index (χ4v) is 5.43. The third kappa shape index (κ3) is 7.28. The van der Waals surface area contributed by atoms with Crippen molar-refractivity contribution in [3.8, 4) is 28.7 Å². The van der Waals surface area contributed by atoms with Crippen LogP contribution in [0.1, 0.15) is 117 Å². The molecule has 2 unspecified atom stereocenters. The summed E-state index contributed by atoms with van der Waals surface area (Å²) in [5, 5.41) is 31.4. The molecule has 4 atom stereocenters. The molecule has 3 rings (SSSR count). The molecule has 0 saturated heterocycles. The van der Waals surface area contributed by atoms with E-state index in [2.05, 4.69) is 41.5 Å². The minimum absolute atomic E-state index is 0.00201. The minimum atomic E-state index is -0.506. The molecule has 0 spiro atoms. The number of rotatable bonds is 14. The van der Waals surface area contributed by atoms with Gasteiger partial charge in [0.15, 0.2) is 17.6 Å². The molecule has 0 aromatic heterocycles. The van der Waals surface area contributed by atoms with Gasteiger partial charge in [0, 0.05) is 24.1 Å². The smallest absolute Gasteiger partial charge is 0.162 e. The molecule has 0 amide bonds. The van der Waals surface area contributed by atoms with Crippen LogP contribution in [0.15, 0.2) is 30.3 Å². The van der Waals surface area contributed by atoms with E-state index < -0.39 is 6.10 Å². The Morgan fingerprint density at radius 1 is 0.842 bits per heavy atom. The summed E-state index contributed by atoms with van der Waals surface area (Å²) >= 11 is 0. The van der Waals surface area contributed by atoms with E-state index in [0.717, 1.165) is 63.4 Å². The number of ether oxygens (including phenoxy) is 3. The lowest BCUT2D eigenvalue weighted by Crippen LogP contribution is -2.41. The van der Waals surface area contributed by atoms with Crippen LogP contribution in [0.25, 0.3) is 0 Å². The van der Waals surface area contributed by atoms with E-state index >= 15 is 0 Å². The average Bonchev–Trinajstić information content (AvgIpc) is 2.88. The highest BCUT2D eigenvalue weighted by Gasteiger charge is 2.39. The van der Waals surface area contributed by atoms with Crippen molar-refractivity contribution in [2.24, 2.45) is 0 Å². The molecule has 1 aliphatic heterocycles. The number of aromatic hydroxyl groups is 3. The van der Waals surface area contributed by atoms with Gasteiger partial charge in [-0.05, 0) is 63.6 Å². The highest BCUT2D eigenvalue weighted by atomic mass is 16.6. The van der Waals surface area contributed by atoms with Gasteiger partial charge < -0.3 is 29.5 Å². The third-order valence-electron chi connectivity index (χ3n) is 7.92. The monoisotopic (exact) mass is 528 g/mol. The summed E-state index contributed by atoms with van der Waals surface area (Å²) < 4.78 is 19.8. The quantitative estimate of drug-likeness (QED) is 0.228. The number of phenolic OH excluding ortho intramolecular Hbond substituents is 3. The number of hydrogen-bond donors (Lipinski definition) is 3. The van der Waals surface area contributed by atoms with Gasteiger partial charge in [-0.3, -0.25) is 0 Å². The summed E-state index contributed by atoms with van der Waals surface area (Å²) in [5.74, 6) is 0.907. The van der Waals surface area contributed by atoms with Crippen LogP contribution >= 0.6 is 0 Å². The van der Waals surface area contributed by atoms with Gasteiger partial charge in [-0.1, -0.05) is 59.4 Å². The summed E-state index contributed by atoms with van der Waals surface area (Å²) in [4.78, 5) is 0. The van der Waals surface area contributed by atoms with Crippen LogP contribution in [0.2, 0.25) is 0 Å². The van der Waals surface area contributed by atoms with Gasteiger partial charge in [-0.2, -0.15) is 0 Å². The van der Waals surface area contributed by atoms with Gasteiger partial charge in [0.1, 0.15) is 29.0 Å². The van der Waals surface area contributed by atoms with Crippen molar-refractivity contribution in [3.05, 3.63) is 41.5 Å². The van der Waals surface area contributed by atoms with E-state index in [9.17, 15) is 15.3 Å². The third-order valence-corrected chi connectivity index (χ3v) is 7.92. The van der Waals surface area contributed by atoms with Crippen molar-refractivity contribution in [1.29, 1.82) is 0 Å². The first-order valence-corrected chi connectivity index (χ1v) is 14.5. The summed E-state index contributed by atoms with van der Waals surface area (Å²) in [6.45, 7) is 12.9. The first kappa shape index (κ1) is 29.9. The molecular formula is C32H48O6. The number of unbranched alkanes of at least 4 members (excludes halogenated alkanes) is 2. The number of benzene rings is 2. The molecule has 2 aromatic carbocycles. The lowest BCUT2D eigenvalue weighted by molar-refractivity contribution is -0.135. The van der Waals surface area contributed by atoms with Crippen molar-refractivity contribution >= 4 is 0 Å². The standard InChI is InChI=1S/C32H48O6/c1-7-11-16-31(5,10-4)37-28-18-22(13-14-25(28)34)30-29(38-32(6,15-9-3)17-12-8-2)21-24-26(35)19-23(33)20-27(24)36-30/h13-14,18-20,29-30,33-35H,7-12,15-17,21H2,1-6H3/t29-,30-,31?,32?/m1/s1. The Labute approximate surface area is 229 Å². The zero-order chi connectivity index (χ0) is 27.9. The summed E-state index contributed by atoms with van der Waals surface area (Å²) in [5.41, 5.74) is 0.726. The highest BCUT2D eigenvalue weighted by Crippen LogP contribution is 2.46. The molecular weight excluding hydrogens is 480 g/mol. The fourth-order valence-electron chi connectivity index (χ4n) is 5.43. The Morgan fingerprint density at radius 2 is 1.53 bits per heavy atom. The molecule has 0 aliphatic carbocycles. The van der Waals surface area contributed by atoms with E-state index in [-0.39, 0.29) is 34.6 Å². The summed E-state index contributed by atoms with van der Waals surface area (Å²) in [7, 11) is 0. The van der Waals surface area contributed by atoms with Crippen LogP contribution < -0.4 is 9.47 Å². The van der Waals surface area contributed by atoms with Crippen molar-refractivity contribution in [2.75, 3.05) is 0 Å². The normalized spacial score (nSPS) is 20.2. The Balaban J connectivity index is 2.01. The zero-order valence-corrected chi connectivity index (χ0v) is 24.2. The SMILES string of the molecule is CCCCC(C)(CC)Oc1cc([C@H]2Oc3cc(O)cc(O)c3C[C@H]2OC(C)(CCC)CCCC)ccc1O. The Morgan fingerprint density at radius 3 is 2.16 bits per heavy atom. The van der Waals surface area contributed by atoms with Crippen LogP contribution in [0.4, 0.5) is 0 Å². The van der Waals surface area contributed by atoms with E-state index in [1.54, 1.807) is 6.07 Å². The van der Waals surface area contributed by atoms with Gasteiger partial charge in [-0.15, -0.1) is 0 Å². The van der Waals surface area contributed by atoms with E-state index in [4.69, 9.17) is 14.2 Å². The molecule has 3 N–H and O–H groups in total. The second-order valence-corrected chi connectivity index (χ2v) is 11.4. The number of fused-ring (bicyclic) bond motifs is 1. The summed E-state index contributed by atoms with van der Waals surface area (Å²) in [6, 6.07) is 8.23. The lowest BCUT2D eigenvalue weighted by atomic mass is 9.90. The van der Waals surface area contributed by atoms with Gasteiger partial charge in [-0.25, -0.2) is 0 Å². The lowest BCUT2D eigenvalue weighted by Gasteiger charge is -2.41. The maximum absolute atomic E-state index is 10.7. The van der Waals surface area contributed by atoms with Crippen molar-refractivity contribution in [2.45, 2.75) is 129 Å². The van der Waals surface area contributed by atoms with Crippen LogP contribution in [-0.2, 0) is 11.2 Å². The largest absolute Gasteiger partial charge is 0.508 e. The van der Waals surface area contributed by atoms with Gasteiger partial charge >= 0.3 is 0 Å². The first-order valence-electron chi connectivity index (χ1n) is 14.5. The number of hydrogen-bond acceptors (Lipinski definition) is 6.